The summed E-state index contributed by atoms with van der Waals surface area (Å²) in [5, 5.41) is 3.01. The van der Waals surface area contributed by atoms with E-state index in [2.05, 4.69) is 22.4 Å². The van der Waals surface area contributed by atoms with E-state index in [0.29, 0.717) is 19.3 Å². The van der Waals surface area contributed by atoms with Gasteiger partial charge in [-0.05, 0) is 42.5 Å². The molecule has 0 bridgehead atoms. The molecule has 5 nitrogen and oxygen atoms in total. The van der Waals surface area contributed by atoms with Crippen molar-refractivity contribution < 1.29 is 9.59 Å². The first-order valence-electron chi connectivity index (χ1n) is 11.0. The van der Waals surface area contributed by atoms with Gasteiger partial charge in [0.25, 0.3) is 0 Å². The summed E-state index contributed by atoms with van der Waals surface area (Å²) in [5.74, 6) is -0.0646. The van der Waals surface area contributed by atoms with E-state index < -0.39 is 6.04 Å². The third-order valence-corrected chi connectivity index (χ3v) is 5.79. The SMILES string of the molecule is O=C(CCc1ccc(-c2ccccc2)[nH]1)NC(Cc1ccccc1)C(=O)N1CCCC1. The van der Waals surface area contributed by atoms with Crippen LogP contribution in [0.4, 0.5) is 0 Å². The molecule has 5 heteroatoms. The van der Waals surface area contributed by atoms with Crippen LogP contribution in [0.3, 0.4) is 0 Å². The maximum absolute atomic E-state index is 13.0. The van der Waals surface area contributed by atoms with Crippen molar-refractivity contribution in [3.63, 3.8) is 0 Å². The number of aromatic nitrogens is 1. The van der Waals surface area contributed by atoms with Gasteiger partial charge in [0.05, 0.1) is 0 Å². The van der Waals surface area contributed by atoms with Crippen molar-refractivity contribution in [2.24, 2.45) is 0 Å². The summed E-state index contributed by atoms with van der Waals surface area (Å²) in [6.45, 7) is 1.56. The first-order valence-corrected chi connectivity index (χ1v) is 11.0. The molecule has 0 spiro atoms. The van der Waals surface area contributed by atoms with Crippen LogP contribution in [0.15, 0.2) is 72.8 Å². The van der Waals surface area contributed by atoms with Gasteiger partial charge in [0.2, 0.25) is 11.8 Å². The number of nitrogens with one attached hydrogen (secondary N) is 2. The van der Waals surface area contributed by atoms with E-state index in [1.807, 2.05) is 65.6 Å². The van der Waals surface area contributed by atoms with Crippen LogP contribution in [0.25, 0.3) is 11.3 Å². The third kappa shape index (κ3) is 5.63. The highest BCUT2D eigenvalue weighted by Gasteiger charge is 2.27. The monoisotopic (exact) mass is 415 g/mol. The van der Waals surface area contributed by atoms with Crippen LogP contribution in [-0.4, -0.2) is 40.8 Å². The van der Waals surface area contributed by atoms with E-state index in [4.69, 9.17) is 0 Å². The number of carbonyl (C=O) groups is 2. The van der Waals surface area contributed by atoms with Gasteiger partial charge in [0.1, 0.15) is 6.04 Å². The summed E-state index contributed by atoms with van der Waals surface area (Å²) in [6.07, 6.45) is 3.53. The molecular formula is C26H29N3O2. The minimum atomic E-state index is -0.517. The van der Waals surface area contributed by atoms with Crippen molar-refractivity contribution in [2.45, 2.75) is 38.1 Å². The van der Waals surface area contributed by atoms with E-state index in [-0.39, 0.29) is 11.8 Å². The molecule has 1 unspecified atom stereocenters. The molecule has 1 aromatic heterocycles. The van der Waals surface area contributed by atoms with Gasteiger partial charge in [-0.15, -0.1) is 0 Å². The second kappa shape index (κ2) is 10.1. The van der Waals surface area contributed by atoms with Gasteiger partial charge in [-0.3, -0.25) is 9.59 Å². The Balaban J connectivity index is 1.36. The topological polar surface area (TPSA) is 65.2 Å². The summed E-state index contributed by atoms with van der Waals surface area (Å²) >= 11 is 0. The first-order chi connectivity index (χ1) is 15.2. The Morgan fingerprint density at radius 2 is 1.58 bits per heavy atom. The molecule has 160 valence electrons. The number of carbonyl (C=O) groups excluding carboxylic acids is 2. The second-order valence-corrected chi connectivity index (χ2v) is 8.11. The Kier molecular flexibility index (Phi) is 6.82. The van der Waals surface area contributed by atoms with Gasteiger partial charge < -0.3 is 15.2 Å². The Hall–Kier alpha value is -3.34. The summed E-state index contributed by atoms with van der Waals surface area (Å²) in [6, 6.07) is 23.5. The minimum absolute atomic E-state index is 0.0286. The number of nitrogens with zero attached hydrogens (tertiary/aromatic N) is 1. The lowest BCUT2D eigenvalue weighted by molar-refractivity contribution is -0.135. The highest BCUT2D eigenvalue weighted by atomic mass is 16.2. The number of hydrogen-bond donors (Lipinski definition) is 2. The van der Waals surface area contributed by atoms with Crippen molar-refractivity contribution in [2.75, 3.05) is 13.1 Å². The zero-order valence-corrected chi connectivity index (χ0v) is 17.7. The van der Waals surface area contributed by atoms with E-state index >= 15 is 0 Å². The molecule has 2 N–H and O–H groups in total. The number of H-pyrrole nitrogens is 1. The van der Waals surface area contributed by atoms with Crippen molar-refractivity contribution in [1.82, 2.24) is 15.2 Å². The first kappa shape index (κ1) is 20.9. The van der Waals surface area contributed by atoms with Crippen LogP contribution in [0.5, 0.6) is 0 Å². The zero-order chi connectivity index (χ0) is 21.5. The van der Waals surface area contributed by atoms with Gasteiger partial charge in [0.15, 0.2) is 0 Å². The largest absolute Gasteiger partial charge is 0.358 e. The average Bonchev–Trinajstić information content (AvgIpc) is 3.51. The van der Waals surface area contributed by atoms with Crippen LogP contribution in [-0.2, 0) is 22.4 Å². The fraction of sp³-hybridized carbons (Fsp3) is 0.308. The van der Waals surface area contributed by atoms with E-state index in [0.717, 1.165) is 48.4 Å². The van der Waals surface area contributed by atoms with Crippen LogP contribution >= 0.6 is 0 Å². The van der Waals surface area contributed by atoms with E-state index in [1.54, 1.807) is 0 Å². The summed E-state index contributed by atoms with van der Waals surface area (Å²) in [4.78, 5) is 31.0. The fourth-order valence-corrected chi connectivity index (χ4v) is 4.09. The summed E-state index contributed by atoms with van der Waals surface area (Å²) in [7, 11) is 0. The van der Waals surface area contributed by atoms with Crippen LogP contribution in [0.2, 0.25) is 0 Å². The maximum Gasteiger partial charge on any atom is 0.245 e. The predicted octanol–water partition coefficient (Wildman–Crippen LogP) is 3.96. The zero-order valence-electron chi connectivity index (χ0n) is 17.7. The smallest absolute Gasteiger partial charge is 0.245 e. The quantitative estimate of drug-likeness (QED) is 0.585. The molecule has 3 aromatic rings. The molecule has 1 aliphatic rings. The normalized spacial score (nSPS) is 14.4. The standard InChI is InChI=1S/C26H29N3O2/c30-25(16-14-22-13-15-23(27-22)21-11-5-2-6-12-21)28-24(19-20-9-3-1-4-10-20)26(31)29-17-7-8-18-29/h1-6,9-13,15,24,27H,7-8,14,16-19H2,(H,28,30). The van der Waals surface area contributed by atoms with Gasteiger partial charge in [0, 0.05) is 37.3 Å². The van der Waals surface area contributed by atoms with E-state index in [9.17, 15) is 9.59 Å². The molecule has 1 aliphatic heterocycles. The fourth-order valence-electron chi connectivity index (χ4n) is 4.09. The van der Waals surface area contributed by atoms with Gasteiger partial charge >= 0.3 is 0 Å². The summed E-state index contributed by atoms with van der Waals surface area (Å²) in [5.41, 5.74) is 4.23. The molecule has 4 rings (SSSR count). The Morgan fingerprint density at radius 3 is 2.29 bits per heavy atom. The molecule has 2 heterocycles. The molecule has 2 amide bonds. The van der Waals surface area contributed by atoms with Crippen LogP contribution in [0.1, 0.15) is 30.5 Å². The molecule has 0 radical (unpaired) electrons. The minimum Gasteiger partial charge on any atom is -0.358 e. The highest BCUT2D eigenvalue weighted by molar-refractivity contribution is 5.88. The maximum atomic E-state index is 13.0. The molecule has 2 aromatic carbocycles. The number of hydrogen-bond acceptors (Lipinski definition) is 2. The number of amides is 2. The molecule has 1 fully saturated rings. The lowest BCUT2D eigenvalue weighted by atomic mass is 10.0. The van der Waals surface area contributed by atoms with Gasteiger partial charge in [-0.1, -0.05) is 60.7 Å². The van der Waals surface area contributed by atoms with Crippen molar-refractivity contribution in [3.8, 4) is 11.3 Å². The van der Waals surface area contributed by atoms with E-state index in [1.165, 1.54) is 0 Å². The molecule has 31 heavy (non-hydrogen) atoms. The summed E-state index contributed by atoms with van der Waals surface area (Å²) < 4.78 is 0. The molecule has 1 saturated heterocycles. The second-order valence-electron chi connectivity index (χ2n) is 8.11. The lowest BCUT2D eigenvalue weighted by Crippen LogP contribution is -2.49. The number of aromatic amines is 1. The Bertz CT molecular complexity index is 992. The number of aryl methyl sites for hydroxylation is 1. The molecule has 0 aliphatic carbocycles. The molecule has 0 saturated carbocycles. The highest BCUT2D eigenvalue weighted by Crippen LogP contribution is 2.18. The molecule has 1 atom stereocenters. The number of likely N-dealkylation sites (tertiary alicyclic amines) is 1. The van der Waals surface area contributed by atoms with Gasteiger partial charge in [-0.25, -0.2) is 0 Å². The number of rotatable bonds is 8. The Morgan fingerprint density at radius 1 is 0.903 bits per heavy atom. The Labute approximate surface area is 183 Å². The van der Waals surface area contributed by atoms with Crippen molar-refractivity contribution in [1.29, 1.82) is 0 Å². The van der Waals surface area contributed by atoms with Gasteiger partial charge in [-0.2, -0.15) is 0 Å². The lowest BCUT2D eigenvalue weighted by Gasteiger charge is -2.24. The van der Waals surface area contributed by atoms with Crippen molar-refractivity contribution in [3.05, 3.63) is 84.1 Å². The van der Waals surface area contributed by atoms with Crippen LogP contribution in [0, 0.1) is 0 Å². The van der Waals surface area contributed by atoms with Crippen molar-refractivity contribution >= 4 is 11.8 Å². The third-order valence-electron chi connectivity index (χ3n) is 5.79. The number of benzene rings is 2. The predicted molar refractivity (Wildman–Crippen MR) is 122 cm³/mol. The average molecular weight is 416 g/mol. The van der Waals surface area contributed by atoms with Crippen LogP contribution < -0.4 is 5.32 Å². The molecular weight excluding hydrogens is 386 g/mol.